The maximum absolute atomic E-state index is 11.3. The molecule has 0 radical (unpaired) electrons. The van der Waals surface area contributed by atoms with E-state index in [4.69, 9.17) is 29.5 Å². The van der Waals surface area contributed by atoms with Crippen LogP contribution < -0.4 is 0 Å². The summed E-state index contributed by atoms with van der Waals surface area (Å²) in [4.78, 5) is 8.38. The molecule has 1 unspecified atom stereocenters. The Bertz CT molecular complexity index is 622. The molecule has 7 N–H and O–H groups in total. The highest BCUT2D eigenvalue weighted by Gasteiger charge is 2.45. The lowest BCUT2D eigenvalue weighted by Gasteiger charge is -2.36. The van der Waals surface area contributed by atoms with Gasteiger partial charge in [-0.25, -0.2) is 0 Å². The van der Waals surface area contributed by atoms with Gasteiger partial charge in [0.05, 0.1) is 37.3 Å². The zero-order chi connectivity index (χ0) is 24.7. The third-order valence-electron chi connectivity index (χ3n) is 4.78. The van der Waals surface area contributed by atoms with E-state index < -0.39 is 36.8 Å². The number of rotatable bonds is 19. The number of aromatic nitrogens is 2. The van der Waals surface area contributed by atoms with Gasteiger partial charge in [-0.1, -0.05) is 0 Å². The summed E-state index contributed by atoms with van der Waals surface area (Å²) in [5.41, 5.74) is 0.300. The zero-order valence-electron chi connectivity index (χ0n) is 19.0. The first-order valence-corrected chi connectivity index (χ1v) is 11.0. The minimum atomic E-state index is -2.19. The number of hydrogen-bond acceptors (Lipinski definition) is 12. The lowest BCUT2D eigenvalue weighted by molar-refractivity contribution is -0.296. The highest BCUT2D eigenvalue weighted by molar-refractivity contribution is 5.12. The Morgan fingerprint density at radius 3 is 2.00 bits per heavy atom. The van der Waals surface area contributed by atoms with Crippen molar-refractivity contribution in [2.24, 2.45) is 0 Å². The van der Waals surface area contributed by atoms with Gasteiger partial charge in [0, 0.05) is 45.7 Å². The summed E-state index contributed by atoms with van der Waals surface area (Å²) >= 11 is 0. The molecule has 1 rings (SSSR count). The second-order valence-electron chi connectivity index (χ2n) is 7.56. The van der Waals surface area contributed by atoms with E-state index in [1.807, 2.05) is 0 Å². The number of hydrogen-bond donors (Lipinski definition) is 7. The average molecular weight is 479 g/mol. The van der Waals surface area contributed by atoms with Gasteiger partial charge < -0.3 is 50.0 Å². The molecule has 33 heavy (non-hydrogen) atoms. The lowest BCUT2D eigenvalue weighted by Crippen LogP contribution is -2.50. The van der Waals surface area contributed by atoms with Crippen LogP contribution in [0.25, 0.3) is 0 Å². The van der Waals surface area contributed by atoms with Crippen LogP contribution in [0.5, 0.6) is 0 Å². The molecule has 12 nitrogen and oxygen atoms in total. The molecule has 12 heteroatoms. The number of aliphatic hydroxyl groups excluding tert-OH is 6. The van der Waals surface area contributed by atoms with Gasteiger partial charge in [-0.05, 0) is 26.2 Å². The van der Waals surface area contributed by atoms with Gasteiger partial charge in [-0.15, -0.1) is 0 Å². The SMILES string of the molecule is C[C@H](O)[C@H](OCCCO)C(O)(OCCCO)c1cnc(C[C@H](O)[C@H](CO)OCCCO)cn1. The first-order valence-electron chi connectivity index (χ1n) is 11.0. The van der Waals surface area contributed by atoms with Gasteiger partial charge in [0.15, 0.2) is 0 Å². The van der Waals surface area contributed by atoms with Crippen molar-refractivity contribution in [3.8, 4) is 0 Å². The molecule has 192 valence electrons. The third kappa shape index (κ3) is 9.83. The smallest absolute Gasteiger partial charge is 0.241 e. The van der Waals surface area contributed by atoms with Crippen molar-refractivity contribution < 1.29 is 50.0 Å². The Kier molecular flexibility index (Phi) is 14.7. The van der Waals surface area contributed by atoms with E-state index in [-0.39, 0.29) is 64.6 Å². The highest BCUT2D eigenvalue weighted by atomic mass is 16.7. The molecule has 0 aromatic carbocycles. The molecule has 1 heterocycles. The average Bonchev–Trinajstić information content (AvgIpc) is 2.79. The monoisotopic (exact) mass is 478 g/mol. The topological polar surface area (TPSA) is 195 Å². The maximum Gasteiger partial charge on any atom is 0.241 e. The number of nitrogens with zero attached hydrogens (tertiary/aromatic N) is 2. The van der Waals surface area contributed by atoms with Crippen LogP contribution in [-0.2, 0) is 26.4 Å². The summed E-state index contributed by atoms with van der Waals surface area (Å²) in [6, 6.07) is 0. The largest absolute Gasteiger partial charge is 0.396 e. The van der Waals surface area contributed by atoms with E-state index in [9.17, 15) is 20.4 Å². The van der Waals surface area contributed by atoms with Gasteiger partial charge in [-0.2, -0.15) is 0 Å². The minimum Gasteiger partial charge on any atom is -0.396 e. The van der Waals surface area contributed by atoms with Crippen molar-refractivity contribution in [2.45, 2.75) is 62.8 Å². The van der Waals surface area contributed by atoms with Crippen molar-refractivity contribution in [1.82, 2.24) is 9.97 Å². The van der Waals surface area contributed by atoms with Crippen molar-refractivity contribution in [2.75, 3.05) is 46.2 Å². The van der Waals surface area contributed by atoms with Crippen LogP contribution in [0.15, 0.2) is 12.4 Å². The van der Waals surface area contributed by atoms with Gasteiger partial charge in [0.25, 0.3) is 0 Å². The molecular formula is C21H38N2O10. The highest BCUT2D eigenvalue weighted by Crippen LogP contribution is 2.30. The quantitative estimate of drug-likeness (QED) is 0.0841. The van der Waals surface area contributed by atoms with E-state index >= 15 is 0 Å². The Hall–Kier alpha value is -1.32. The van der Waals surface area contributed by atoms with Crippen LogP contribution in [0.1, 0.15) is 37.6 Å². The second kappa shape index (κ2) is 16.3. The molecule has 1 aromatic rings. The Morgan fingerprint density at radius 2 is 1.48 bits per heavy atom. The molecule has 0 bridgehead atoms. The number of ether oxygens (including phenoxy) is 3. The molecule has 0 saturated carbocycles. The first-order chi connectivity index (χ1) is 15.8. The van der Waals surface area contributed by atoms with Crippen LogP contribution in [0.2, 0.25) is 0 Å². The van der Waals surface area contributed by atoms with Crippen molar-refractivity contribution in [3.05, 3.63) is 23.8 Å². The first kappa shape index (κ1) is 29.7. The molecule has 5 atom stereocenters. The van der Waals surface area contributed by atoms with E-state index in [0.717, 1.165) is 0 Å². The molecule has 0 aliphatic rings. The van der Waals surface area contributed by atoms with Crippen LogP contribution in [-0.4, -0.2) is 116 Å². The van der Waals surface area contributed by atoms with E-state index in [1.165, 1.54) is 19.3 Å². The molecular weight excluding hydrogens is 440 g/mol. The van der Waals surface area contributed by atoms with Gasteiger partial charge in [0.2, 0.25) is 5.79 Å². The molecule has 0 fully saturated rings. The van der Waals surface area contributed by atoms with Crippen LogP contribution in [0.4, 0.5) is 0 Å². The fraction of sp³-hybridized carbons (Fsp3) is 0.810. The Balaban J connectivity index is 3.01. The predicted octanol–water partition coefficient (Wildman–Crippen LogP) is -2.17. The van der Waals surface area contributed by atoms with Gasteiger partial charge >= 0.3 is 0 Å². The molecule has 0 aliphatic carbocycles. The van der Waals surface area contributed by atoms with Gasteiger partial charge in [0.1, 0.15) is 17.9 Å². The summed E-state index contributed by atoms with van der Waals surface area (Å²) < 4.78 is 16.5. The molecule has 0 aliphatic heterocycles. The summed E-state index contributed by atoms with van der Waals surface area (Å²) in [5, 5.41) is 68.1. The maximum atomic E-state index is 11.3. The van der Waals surface area contributed by atoms with Crippen LogP contribution >= 0.6 is 0 Å². The normalized spacial score (nSPS) is 17.3. The molecule has 0 saturated heterocycles. The Morgan fingerprint density at radius 1 is 0.879 bits per heavy atom. The van der Waals surface area contributed by atoms with Crippen LogP contribution in [0, 0.1) is 0 Å². The number of aliphatic hydroxyl groups is 7. The predicted molar refractivity (Wildman–Crippen MR) is 115 cm³/mol. The summed E-state index contributed by atoms with van der Waals surface area (Å²) in [6.45, 7) is 0.798. The van der Waals surface area contributed by atoms with Crippen molar-refractivity contribution >= 4 is 0 Å². The Labute approximate surface area is 193 Å². The van der Waals surface area contributed by atoms with E-state index in [1.54, 1.807) is 0 Å². The lowest BCUT2D eigenvalue weighted by atomic mass is 10.0. The zero-order valence-corrected chi connectivity index (χ0v) is 19.0. The van der Waals surface area contributed by atoms with Gasteiger partial charge in [-0.3, -0.25) is 9.97 Å². The molecule has 0 amide bonds. The standard InChI is InChI=1S/C21H38N2O10/c1-15(28)20(32-9-3-6-25)21(30,33-10-4-7-26)19-13-22-16(12-23-19)11-17(29)18(14-27)31-8-2-5-24/h12-13,15,17-18,20,24-30H,2-11,14H2,1H3/t15-,17-,18-,20-,21?/m0/s1. The third-order valence-corrected chi connectivity index (χ3v) is 4.78. The van der Waals surface area contributed by atoms with Crippen LogP contribution in [0.3, 0.4) is 0 Å². The molecule has 1 aromatic heterocycles. The molecule has 0 spiro atoms. The second-order valence-corrected chi connectivity index (χ2v) is 7.56. The summed E-state index contributed by atoms with van der Waals surface area (Å²) in [7, 11) is 0. The summed E-state index contributed by atoms with van der Waals surface area (Å²) in [5.74, 6) is -2.19. The fourth-order valence-electron chi connectivity index (χ4n) is 3.02. The van der Waals surface area contributed by atoms with E-state index in [2.05, 4.69) is 9.97 Å². The van der Waals surface area contributed by atoms with E-state index in [0.29, 0.717) is 12.1 Å². The fourth-order valence-corrected chi connectivity index (χ4v) is 3.02. The van der Waals surface area contributed by atoms with Crippen molar-refractivity contribution in [1.29, 1.82) is 0 Å². The minimum absolute atomic E-state index is 0.00820. The van der Waals surface area contributed by atoms with Crippen molar-refractivity contribution in [3.63, 3.8) is 0 Å². The summed E-state index contributed by atoms with van der Waals surface area (Å²) in [6.07, 6.45) is -0.949.